The van der Waals surface area contributed by atoms with Crippen molar-refractivity contribution in [2.75, 3.05) is 5.32 Å². The first-order valence-electron chi connectivity index (χ1n) is 8.31. The predicted octanol–water partition coefficient (Wildman–Crippen LogP) is 5.24. The summed E-state index contributed by atoms with van der Waals surface area (Å²) in [7, 11) is 0. The van der Waals surface area contributed by atoms with Crippen molar-refractivity contribution in [1.82, 2.24) is 5.43 Å². The Balaban J connectivity index is 1.46. The molecule has 0 radical (unpaired) electrons. The van der Waals surface area contributed by atoms with Gasteiger partial charge in [0.2, 0.25) is 0 Å². The summed E-state index contributed by atoms with van der Waals surface area (Å²) in [5.74, 6) is 0.788. The maximum atomic E-state index is 5.88. The van der Waals surface area contributed by atoms with Gasteiger partial charge in [0, 0.05) is 10.7 Å². The van der Waals surface area contributed by atoms with Gasteiger partial charge < -0.3 is 10.1 Å². The highest BCUT2D eigenvalue weighted by Crippen LogP contribution is 2.15. The number of para-hydroxylation sites is 1. The highest BCUT2D eigenvalue weighted by atomic mass is 35.5. The van der Waals surface area contributed by atoms with Crippen LogP contribution in [-0.4, -0.2) is 11.3 Å². The van der Waals surface area contributed by atoms with Gasteiger partial charge in [-0.15, -0.1) is 0 Å². The summed E-state index contributed by atoms with van der Waals surface area (Å²) in [6, 6.07) is 24.9. The number of benzene rings is 3. The minimum atomic E-state index is 0.431. The van der Waals surface area contributed by atoms with Crippen LogP contribution in [0.4, 0.5) is 5.69 Å². The second kappa shape index (κ2) is 9.71. The van der Waals surface area contributed by atoms with Gasteiger partial charge in [-0.3, -0.25) is 5.43 Å². The molecule has 4 nitrogen and oxygen atoms in total. The topological polar surface area (TPSA) is 45.7 Å². The lowest BCUT2D eigenvalue weighted by atomic mass is 10.2. The Kier molecular flexibility index (Phi) is 6.79. The Morgan fingerprint density at radius 2 is 1.67 bits per heavy atom. The lowest BCUT2D eigenvalue weighted by Crippen LogP contribution is -2.23. The van der Waals surface area contributed by atoms with Crippen LogP contribution in [0, 0.1) is 0 Å². The fraction of sp³-hybridized carbons (Fsp3) is 0.0476. The molecule has 0 bridgehead atoms. The number of rotatable bonds is 6. The smallest absolute Gasteiger partial charge is 0.191 e. The lowest BCUT2D eigenvalue weighted by Gasteiger charge is -2.07. The molecule has 27 heavy (non-hydrogen) atoms. The SMILES string of the molecule is S=C(NN=Cc1ccc(OCc2ccc(Cl)cc2)cc1)Nc1ccccc1. The standard InChI is InChI=1S/C21H18ClN3OS/c22-18-10-6-17(7-11-18)15-26-20-12-8-16(9-13-20)14-23-25-21(27)24-19-4-2-1-3-5-19/h1-14H,15H2,(H2,24,25,27). The van der Waals surface area contributed by atoms with Crippen molar-refractivity contribution in [3.63, 3.8) is 0 Å². The van der Waals surface area contributed by atoms with Crippen LogP contribution in [0.5, 0.6) is 5.75 Å². The molecule has 0 aliphatic carbocycles. The molecule has 0 fully saturated rings. The first kappa shape index (κ1) is 18.9. The van der Waals surface area contributed by atoms with Crippen LogP contribution in [0.1, 0.15) is 11.1 Å². The number of halogens is 1. The summed E-state index contributed by atoms with van der Waals surface area (Å²) in [4.78, 5) is 0. The molecule has 136 valence electrons. The van der Waals surface area contributed by atoms with Crippen molar-refractivity contribution >= 4 is 40.8 Å². The number of hydrogen-bond acceptors (Lipinski definition) is 3. The molecule has 2 N–H and O–H groups in total. The molecule has 0 aliphatic heterocycles. The van der Waals surface area contributed by atoms with Crippen LogP contribution < -0.4 is 15.5 Å². The van der Waals surface area contributed by atoms with E-state index in [2.05, 4.69) is 15.8 Å². The number of nitrogens with one attached hydrogen (secondary N) is 2. The van der Waals surface area contributed by atoms with E-state index < -0.39 is 0 Å². The van der Waals surface area contributed by atoms with Gasteiger partial charge in [0.25, 0.3) is 0 Å². The van der Waals surface area contributed by atoms with Gasteiger partial charge in [-0.2, -0.15) is 5.10 Å². The Morgan fingerprint density at radius 1 is 0.963 bits per heavy atom. The highest BCUT2D eigenvalue weighted by Gasteiger charge is 1.98. The molecule has 0 aliphatic rings. The van der Waals surface area contributed by atoms with Gasteiger partial charge in [-0.1, -0.05) is 41.9 Å². The molecule has 3 aromatic carbocycles. The van der Waals surface area contributed by atoms with Crippen molar-refractivity contribution in [2.24, 2.45) is 5.10 Å². The fourth-order valence-corrected chi connectivity index (χ4v) is 2.54. The van der Waals surface area contributed by atoms with E-state index in [0.29, 0.717) is 11.7 Å². The van der Waals surface area contributed by atoms with Gasteiger partial charge >= 0.3 is 0 Å². The Labute approximate surface area is 168 Å². The number of hydrazone groups is 1. The normalized spacial score (nSPS) is 10.6. The summed E-state index contributed by atoms with van der Waals surface area (Å²) < 4.78 is 5.76. The van der Waals surface area contributed by atoms with E-state index in [-0.39, 0.29) is 0 Å². The van der Waals surface area contributed by atoms with Gasteiger partial charge in [0.1, 0.15) is 12.4 Å². The number of nitrogens with zero attached hydrogens (tertiary/aromatic N) is 1. The van der Waals surface area contributed by atoms with E-state index in [0.717, 1.165) is 27.6 Å². The largest absolute Gasteiger partial charge is 0.489 e. The molecule has 0 aromatic heterocycles. The third kappa shape index (κ3) is 6.40. The van der Waals surface area contributed by atoms with E-state index in [9.17, 15) is 0 Å². The van der Waals surface area contributed by atoms with Crippen molar-refractivity contribution < 1.29 is 4.74 Å². The van der Waals surface area contributed by atoms with Crippen LogP contribution in [0.25, 0.3) is 0 Å². The maximum absolute atomic E-state index is 5.88. The first-order chi connectivity index (χ1) is 13.2. The summed E-state index contributed by atoms with van der Waals surface area (Å²) >= 11 is 11.1. The molecule has 6 heteroatoms. The molecule has 3 aromatic rings. The van der Waals surface area contributed by atoms with E-state index >= 15 is 0 Å². The Bertz CT molecular complexity index is 897. The fourth-order valence-electron chi connectivity index (χ4n) is 2.24. The quantitative estimate of drug-likeness (QED) is 0.340. The van der Waals surface area contributed by atoms with Crippen LogP contribution in [-0.2, 0) is 6.61 Å². The summed E-state index contributed by atoms with van der Waals surface area (Å²) in [6.45, 7) is 0.492. The van der Waals surface area contributed by atoms with E-state index in [1.807, 2.05) is 78.9 Å². The molecule has 0 spiro atoms. The monoisotopic (exact) mass is 395 g/mol. The van der Waals surface area contributed by atoms with Crippen LogP contribution in [0.15, 0.2) is 84.0 Å². The predicted molar refractivity (Wildman–Crippen MR) is 116 cm³/mol. The van der Waals surface area contributed by atoms with Gasteiger partial charge in [0.15, 0.2) is 5.11 Å². The van der Waals surface area contributed by atoms with E-state index in [1.165, 1.54) is 0 Å². The molecule has 0 unspecified atom stereocenters. The van der Waals surface area contributed by atoms with Gasteiger partial charge in [-0.05, 0) is 71.9 Å². The molecule has 0 atom stereocenters. The van der Waals surface area contributed by atoms with E-state index in [4.69, 9.17) is 28.6 Å². The minimum absolute atomic E-state index is 0.431. The zero-order chi connectivity index (χ0) is 18.9. The molecular weight excluding hydrogens is 378 g/mol. The molecule has 0 heterocycles. The average molecular weight is 396 g/mol. The van der Waals surface area contributed by atoms with Crippen LogP contribution >= 0.6 is 23.8 Å². The third-order valence-corrected chi connectivity index (χ3v) is 4.06. The molecule has 0 amide bonds. The Morgan fingerprint density at radius 3 is 2.37 bits per heavy atom. The number of thiocarbonyl (C=S) groups is 1. The van der Waals surface area contributed by atoms with Gasteiger partial charge in [-0.25, -0.2) is 0 Å². The van der Waals surface area contributed by atoms with Crippen LogP contribution in [0.2, 0.25) is 5.02 Å². The second-order valence-corrected chi connectivity index (χ2v) is 6.52. The third-order valence-electron chi connectivity index (χ3n) is 3.61. The zero-order valence-corrected chi connectivity index (χ0v) is 16.0. The summed E-state index contributed by atoms with van der Waals surface area (Å²) in [5.41, 5.74) is 5.70. The summed E-state index contributed by atoms with van der Waals surface area (Å²) in [5, 5.41) is 8.34. The average Bonchev–Trinajstić information content (AvgIpc) is 2.69. The van der Waals surface area contributed by atoms with Crippen LogP contribution in [0.3, 0.4) is 0 Å². The highest BCUT2D eigenvalue weighted by molar-refractivity contribution is 7.80. The van der Waals surface area contributed by atoms with Crippen molar-refractivity contribution in [3.8, 4) is 5.75 Å². The van der Waals surface area contributed by atoms with Gasteiger partial charge in [0.05, 0.1) is 6.21 Å². The van der Waals surface area contributed by atoms with Crippen molar-refractivity contribution in [3.05, 3.63) is 95.0 Å². The van der Waals surface area contributed by atoms with Crippen molar-refractivity contribution in [1.29, 1.82) is 0 Å². The number of ether oxygens (including phenoxy) is 1. The second-order valence-electron chi connectivity index (χ2n) is 5.67. The maximum Gasteiger partial charge on any atom is 0.191 e. The number of hydrogen-bond donors (Lipinski definition) is 2. The molecule has 0 saturated carbocycles. The number of anilines is 1. The summed E-state index contributed by atoms with van der Waals surface area (Å²) in [6.07, 6.45) is 1.70. The molecule has 0 saturated heterocycles. The minimum Gasteiger partial charge on any atom is -0.489 e. The molecular formula is C21H18ClN3OS. The lowest BCUT2D eigenvalue weighted by molar-refractivity contribution is 0.306. The molecule has 3 rings (SSSR count). The Hall–Kier alpha value is -2.89. The zero-order valence-electron chi connectivity index (χ0n) is 14.4. The van der Waals surface area contributed by atoms with E-state index in [1.54, 1.807) is 6.21 Å². The first-order valence-corrected chi connectivity index (χ1v) is 9.10. The van der Waals surface area contributed by atoms with Crippen molar-refractivity contribution in [2.45, 2.75) is 6.61 Å².